The van der Waals surface area contributed by atoms with Gasteiger partial charge >= 0.3 is 0 Å². The maximum Gasteiger partial charge on any atom is 0.300 e. The number of anilines is 1. The molecule has 3 aromatic carbocycles. The Kier molecular flexibility index (Phi) is 7.80. The van der Waals surface area contributed by atoms with Crippen LogP contribution in [0, 0.1) is 11.6 Å². The molecule has 0 aliphatic carbocycles. The van der Waals surface area contributed by atoms with Crippen molar-refractivity contribution in [2.45, 2.75) is 13.0 Å². The van der Waals surface area contributed by atoms with Crippen molar-refractivity contribution in [2.75, 3.05) is 25.7 Å². The summed E-state index contributed by atoms with van der Waals surface area (Å²) < 4.78 is 44.2. The summed E-state index contributed by atoms with van der Waals surface area (Å²) in [6.07, 6.45) is 0. The summed E-state index contributed by atoms with van der Waals surface area (Å²) in [5.41, 5.74) is -0.201. The number of aliphatic hydroxyl groups is 1. The van der Waals surface area contributed by atoms with Crippen LogP contribution in [0.2, 0.25) is 10.0 Å². The van der Waals surface area contributed by atoms with Crippen LogP contribution < -0.4 is 19.1 Å². The van der Waals surface area contributed by atoms with Crippen LogP contribution in [-0.4, -0.2) is 37.6 Å². The summed E-state index contributed by atoms with van der Waals surface area (Å²) >= 11 is 12.4. The molecule has 0 radical (unpaired) electrons. The van der Waals surface area contributed by atoms with Crippen LogP contribution in [-0.2, 0) is 9.59 Å². The van der Waals surface area contributed by atoms with Gasteiger partial charge in [0.1, 0.15) is 11.5 Å². The maximum absolute atomic E-state index is 14.2. The molecule has 3 aromatic rings. The van der Waals surface area contributed by atoms with E-state index in [4.69, 9.17) is 37.4 Å². The van der Waals surface area contributed by atoms with Crippen molar-refractivity contribution in [1.29, 1.82) is 0 Å². The highest BCUT2D eigenvalue weighted by Crippen LogP contribution is 2.46. The first-order chi connectivity index (χ1) is 18.1. The molecule has 1 unspecified atom stereocenters. The molecule has 1 atom stereocenters. The number of rotatable bonds is 7. The summed E-state index contributed by atoms with van der Waals surface area (Å²) in [4.78, 5) is 27.7. The predicted octanol–water partition coefficient (Wildman–Crippen LogP) is 6.31. The smallest absolute Gasteiger partial charge is 0.300 e. The molecule has 0 spiro atoms. The lowest BCUT2D eigenvalue weighted by molar-refractivity contribution is -0.132. The van der Waals surface area contributed by atoms with Gasteiger partial charge < -0.3 is 19.3 Å². The topological polar surface area (TPSA) is 85.3 Å². The number of nitrogens with zero attached hydrogens (tertiary/aromatic N) is 1. The SMILES string of the molecule is CCOc1cc(C2/C(=C(\O)c3cc(Cl)cc(Cl)c3OC)C(=O)C(=O)N2c2ccc(F)c(F)c2)ccc1OC. The minimum absolute atomic E-state index is 0.0103. The lowest BCUT2D eigenvalue weighted by atomic mass is 9.94. The number of hydrogen-bond acceptors (Lipinski definition) is 6. The molecule has 1 fully saturated rings. The standard InChI is InChI=1S/C27H21Cl2F2NO6/c1-4-38-21-9-13(5-8-20(21)36-2)23-22(24(33)16-10-14(28)11-17(29)26(16)37-3)25(34)27(35)32(23)15-6-7-18(30)19(31)12-15/h5-12,23,33H,4H2,1-3H3/b24-22+. The van der Waals surface area contributed by atoms with Gasteiger partial charge in [-0.1, -0.05) is 29.3 Å². The largest absolute Gasteiger partial charge is 0.507 e. The minimum Gasteiger partial charge on any atom is -0.507 e. The quantitative estimate of drug-likeness (QED) is 0.206. The predicted molar refractivity (Wildman–Crippen MR) is 138 cm³/mol. The fourth-order valence-corrected chi connectivity index (χ4v) is 4.84. The number of halogens is 4. The van der Waals surface area contributed by atoms with Gasteiger partial charge in [-0.2, -0.15) is 0 Å². The zero-order valence-corrected chi connectivity index (χ0v) is 21.9. The fourth-order valence-electron chi connectivity index (χ4n) is 4.27. The number of amides is 1. The first-order valence-corrected chi connectivity index (χ1v) is 12.0. The molecule has 1 amide bonds. The highest BCUT2D eigenvalue weighted by Gasteiger charge is 2.47. The Balaban J connectivity index is 2.04. The van der Waals surface area contributed by atoms with Crippen LogP contribution in [0.25, 0.3) is 5.76 Å². The van der Waals surface area contributed by atoms with Crippen LogP contribution in [0.3, 0.4) is 0 Å². The van der Waals surface area contributed by atoms with Gasteiger partial charge in [-0.15, -0.1) is 0 Å². The van der Waals surface area contributed by atoms with E-state index in [2.05, 4.69) is 0 Å². The summed E-state index contributed by atoms with van der Waals surface area (Å²) in [5, 5.41) is 11.6. The third kappa shape index (κ3) is 4.75. The van der Waals surface area contributed by atoms with Crippen LogP contribution in [0.5, 0.6) is 17.2 Å². The molecule has 1 N–H and O–H groups in total. The van der Waals surface area contributed by atoms with Gasteiger partial charge in [0.2, 0.25) is 0 Å². The molecule has 0 aromatic heterocycles. The van der Waals surface area contributed by atoms with Gasteiger partial charge in [-0.05, 0) is 48.9 Å². The number of ether oxygens (including phenoxy) is 3. The Hall–Kier alpha value is -3.82. The van der Waals surface area contributed by atoms with Crippen molar-refractivity contribution < 1.29 is 37.7 Å². The molecule has 7 nitrogen and oxygen atoms in total. The minimum atomic E-state index is -1.28. The molecule has 1 saturated heterocycles. The normalized spacial score (nSPS) is 16.6. The lowest BCUT2D eigenvalue weighted by Gasteiger charge is -2.26. The fraction of sp³-hybridized carbons (Fsp3) is 0.185. The van der Waals surface area contributed by atoms with E-state index in [0.717, 1.165) is 23.1 Å². The van der Waals surface area contributed by atoms with Crippen molar-refractivity contribution in [3.8, 4) is 17.2 Å². The monoisotopic (exact) mass is 563 g/mol. The summed E-state index contributed by atoms with van der Waals surface area (Å²) in [7, 11) is 2.75. The van der Waals surface area contributed by atoms with Crippen molar-refractivity contribution in [2.24, 2.45) is 0 Å². The molecule has 0 saturated carbocycles. The second-order valence-corrected chi connectivity index (χ2v) is 8.92. The average molecular weight is 564 g/mol. The summed E-state index contributed by atoms with van der Waals surface area (Å²) in [6, 6.07) is 8.84. The first-order valence-electron chi connectivity index (χ1n) is 11.2. The highest BCUT2D eigenvalue weighted by atomic mass is 35.5. The molecule has 1 aliphatic heterocycles. The number of methoxy groups -OCH3 is 2. The first kappa shape index (κ1) is 27.2. The van der Waals surface area contributed by atoms with Crippen molar-refractivity contribution in [3.05, 3.63) is 86.9 Å². The maximum atomic E-state index is 14.2. The van der Waals surface area contributed by atoms with Gasteiger partial charge in [0.15, 0.2) is 23.1 Å². The van der Waals surface area contributed by atoms with Crippen LogP contribution in [0.4, 0.5) is 14.5 Å². The summed E-state index contributed by atoms with van der Waals surface area (Å²) in [5.74, 6) is -4.47. The van der Waals surface area contributed by atoms with Crippen molar-refractivity contribution in [3.63, 3.8) is 0 Å². The second kappa shape index (κ2) is 10.9. The van der Waals surface area contributed by atoms with Crippen LogP contribution >= 0.6 is 23.2 Å². The van der Waals surface area contributed by atoms with Crippen molar-refractivity contribution >= 4 is 46.3 Å². The number of carbonyl (C=O) groups is 2. The Morgan fingerprint density at radius 1 is 0.974 bits per heavy atom. The van der Waals surface area contributed by atoms with Gasteiger partial charge in [0.25, 0.3) is 11.7 Å². The van der Waals surface area contributed by atoms with E-state index in [1.165, 1.54) is 32.4 Å². The van der Waals surface area contributed by atoms with Crippen LogP contribution in [0.15, 0.2) is 54.1 Å². The third-order valence-electron chi connectivity index (χ3n) is 5.90. The molecule has 1 aliphatic rings. The second-order valence-electron chi connectivity index (χ2n) is 8.08. The van der Waals surface area contributed by atoms with E-state index in [9.17, 15) is 23.5 Å². The number of aliphatic hydroxyl groups excluding tert-OH is 1. The number of carbonyl (C=O) groups excluding carboxylic acids is 2. The molecule has 1 heterocycles. The van der Waals surface area contributed by atoms with Crippen molar-refractivity contribution in [1.82, 2.24) is 0 Å². The molecular weight excluding hydrogens is 543 g/mol. The molecule has 11 heteroatoms. The van der Waals surface area contributed by atoms with E-state index in [1.54, 1.807) is 19.1 Å². The Bertz CT molecular complexity index is 1480. The van der Waals surface area contributed by atoms with Gasteiger partial charge in [-0.25, -0.2) is 8.78 Å². The van der Waals surface area contributed by atoms with E-state index in [0.29, 0.717) is 17.1 Å². The average Bonchev–Trinajstić information content (AvgIpc) is 3.15. The molecule has 4 rings (SSSR count). The van der Waals surface area contributed by atoms with E-state index in [-0.39, 0.29) is 39.2 Å². The molecule has 0 bridgehead atoms. The Morgan fingerprint density at radius 2 is 1.71 bits per heavy atom. The number of Topliss-reactive ketones (excluding diaryl/α,β-unsaturated/α-hetero) is 1. The number of hydrogen-bond donors (Lipinski definition) is 1. The van der Waals surface area contributed by atoms with Crippen LogP contribution in [0.1, 0.15) is 24.1 Å². The van der Waals surface area contributed by atoms with Gasteiger partial charge in [-0.3, -0.25) is 14.5 Å². The Morgan fingerprint density at radius 3 is 2.34 bits per heavy atom. The lowest BCUT2D eigenvalue weighted by Crippen LogP contribution is -2.29. The zero-order valence-electron chi connectivity index (χ0n) is 20.4. The van der Waals surface area contributed by atoms with E-state index in [1.807, 2.05) is 0 Å². The van der Waals surface area contributed by atoms with Gasteiger partial charge in [0, 0.05) is 16.8 Å². The molecule has 38 heavy (non-hydrogen) atoms. The number of ketones is 1. The molecule has 198 valence electrons. The van der Waals surface area contributed by atoms with E-state index >= 15 is 0 Å². The molecular formula is C27H21Cl2F2NO6. The third-order valence-corrected chi connectivity index (χ3v) is 6.40. The van der Waals surface area contributed by atoms with Gasteiger partial charge in [0.05, 0.1) is 43.0 Å². The highest BCUT2D eigenvalue weighted by molar-refractivity contribution is 6.52. The number of benzene rings is 3. The Labute approximate surface area is 226 Å². The van der Waals surface area contributed by atoms with E-state index < -0.39 is 35.1 Å². The summed E-state index contributed by atoms with van der Waals surface area (Å²) in [6.45, 7) is 2.04. The zero-order chi connectivity index (χ0) is 27.7.